The first-order chi connectivity index (χ1) is 13.6. The minimum absolute atomic E-state index is 0.0823. The number of nitro groups is 1. The van der Waals surface area contributed by atoms with E-state index in [0.717, 1.165) is 38.0 Å². The van der Waals surface area contributed by atoms with Gasteiger partial charge in [0.25, 0.3) is 5.91 Å². The van der Waals surface area contributed by atoms with Crippen LogP contribution in [0.15, 0.2) is 48.7 Å². The van der Waals surface area contributed by atoms with Crippen molar-refractivity contribution in [3.63, 3.8) is 0 Å². The monoisotopic (exact) mass is 384 g/mol. The molecular formula is C20H24N4O4. The predicted octanol–water partition coefficient (Wildman–Crippen LogP) is 2.54. The molecule has 0 bridgehead atoms. The standard InChI is InChI=1S/C20H24N4O4/c25-20(15-28-19-9-2-1-8-18(19)24(26)27)23(14-16-6-3-4-12-22-16)17-7-5-11-21-13-10-17/h1-4,6,8-9,12,17,21H,5,7,10-11,13-15H2. The van der Waals surface area contributed by atoms with E-state index >= 15 is 0 Å². The number of nitro benzene ring substituents is 1. The molecule has 1 saturated heterocycles. The zero-order valence-electron chi connectivity index (χ0n) is 15.6. The number of benzene rings is 1. The van der Waals surface area contributed by atoms with Crippen LogP contribution in [0.2, 0.25) is 0 Å². The molecule has 1 fully saturated rings. The highest BCUT2D eigenvalue weighted by molar-refractivity contribution is 5.78. The molecule has 1 N–H and O–H groups in total. The molecule has 1 aliphatic heterocycles. The third-order valence-corrected chi connectivity index (χ3v) is 4.78. The van der Waals surface area contributed by atoms with Crippen molar-refractivity contribution in [1.29, 1.82) is 0 Å². The van der Waals surface area contributed by atoms with Gasteiger partial charge in [-0.05, 0) is 50.6 Å². The van der Waals surface area contributed by atoms with Gasteiger partial charge in [-0.3, -0.25) is 19.9 Å². The highest BCUT2D eigenvalue weighted by Crippen LogP contribution is 2.26. The largest absolute Gasteiger partial charge is 0.477 e. The molecule has 3 rings (SSSR count). The minimum Gasteiger partial charge on any atom is -0.477 e. The molecule has 0 aliphatic carbocycles. The number of aromatic nitrogens is 1. The molecule has 2 heterocycles. The zero-order valence-corrected chi connectivity index (χ0v) is 15.6. The van der Waals surface area contributed by atoms with E-state index in [1.54, 1.807) is 23.2 Å². The molecule has 1 aromatic heterocycles. The van der Waals surface area contributed by atoms with E-state index in [9.17, 15) is 14.9 Å². The van der Waals surface area contributed by atoms with Crippen LogP contribution in [0.5, 0.6) is 5.75 Å². The summed E-state index contributed by atoms with van der Waals surface area (Å²) in [7, 11) is 0. The van der Waals surface area contributed by atoms with Crippen LogP contribution in [0.3, 0.4) is 0 Å². The van der Waals surface area contributed by atoms with E-state index < -0.39 is 4.92 Å². The number of para-hydroxylation sites is 2. The van der Waals surface area contributed by atoms with Gasteiger partial charge in [0, 0.05) is 18.3 Å². The van der Waals surface area contributed by atoms with E-state index in [-0.39, 0.29) is 30.0 Å². The molecule has 0 spiro atoms. The van der Waals surface area contributed by atoms with Crippen molar-refractivity contribution in [1.82, 2.24) is 15.2 Å². The SMILES string of the molecule is O=C(COc1ccccc1[N+](=O)[O-])N(Cc1ccccn1)C1CCCNCC1. The van der Waals surface area contributed by atoms with Crippen LogP contribution in [0, 0.1) is 10.1 Å². The summed E-state index contributed by atoms with van der Waals surface area (Å²) in [5.74, 6) is -0.100. The molecular weight excluding hydrogens is 360 g/mol. The zero-order chi connectivity index (χ0) is 19.8. The second kappa shape index (κ2) is 9.80. The van der Waals surface area contributed by atoms with Crippen LogP contribution in [0.4, 0.5) is 5.69 Å². The summed E-state index contributed by atoms with van der Waals surface area (Å²) in [5.41, 5.74) is 0.656. The molecule has 1 atom stereocenters. The summed E-state index contributed by atoms with van der Waals surface area (Å²) >= 11 is 0. The second-order valence-electron chi connectivity index (χ2n) is 6.69. The van der Waals surface area contributed by atoms with E-state index in [1.807, 2.05) is 18.2 Å². The lowest BCUT2D eigenvalue weighted by Gasteiger charge is -2.31. The van der Waals surface area contributed by atoms with Gasteiger partial charge in [0.15, 0.2) is 12.4 Å². The summed E-state index contributed by atoms with van der Waals surface area (Å²) < 4.78 is 5.53. The molecule has 0 saturated carbocycles. The van der Waals surface area contributed by atoms with Crippen molar-refractivity contribution < 1.29 is 14.5 Å². The van der Waals surface area contributed by atoms with E-state index in [0.29, 0.717) is 6.54 Å². The van der Waals surface area contributed by atoms with Crippen LogP contribution in [0.25, 0.3) is 0 Å². The fourth-order valence-electron chi connectivity index (χ4n) is 3.35. The lowest BCUT2D eigenvalue weighted by molar-refractivity contribution is -0.385. The fraction of sp³-hybridized carbons (Fsp3) is 0.400. The van der Waals surface area contributed by atoms with Gasteiger partial charge in [-0.25, -0.2) is 0 Å². The third kappa shape index (κ3) is 5.26. The van der Waals surface area contributed by atoms with Gasteiger partial charge < -0.3 is 15.0 Å². The topological polar surface area (TPSA) is 97.6 Å². The number of nitrogens with one attached hydrogen (secondary N) is 1. The Hall–Kier alpha value is -3.00. The number of ether oxygens (including phenoxy) is 1. The maximum atomic E-state index is 13.0. The molecule has 1 amide bonds. The van der Waals surface area contributed by atoms with Gasteiger partial charge in [-0.15, -0.1) is 0 Å². The summed E-state index contributed by atoms with van der Waals surface area (Å²) in [4.78, 5) is 29.8. The molecule has 8 nitrogen and oxygen atoms in total. The van der Waals surface area contributed by atoms with Gasteiger partial charge in [-0.1, -0.05) is 18.2 Å². The van der Waals surface area contributed by atoms with Crippen molar-refractivity contribution in [3.8, 4) is 5.75 Å². The number of hydrogen-bond acceptors (Lipinski definition) is 6. The third-order valence-electron chi connectivity index (χ3n) is 4.78. The fourth-order valence-corrected chi connectivity index (χ4v) is 3.35. The second-order valence-corrected chi connectivity index (χ2v) is 6.69. The first-order valence-corrected chi connectivity index (χ1v) is 9.41. The molecule has 1 aromatic carbocycles. The Morgan fingerprint density at radius 2 is 2.04 bits per heavy atom. The lowest BCUT2D eigenvalue weighted by Crippen LogP contribution is -2.43. The molecule has 8 heteroatoms. The minimum atomic E-state index is -0.511. The van der Waals surface area contributed by atoms with E-state index in [2.05, 4.69) is 10.3 Å². The maximum Gasteiger partial charge on any atom is 0.310 e. The quantitative estimate of drug-likeness (QED) is 0.582. The van der Waals surface area contributed by atoms with Crippen LogP contribution in [-0.2, 0) is 11.3 Å². The smallest absolute Gasteiger partial charge is 0.310 e. The summed E-state index contributed by atoms with van der Waals surface area (Å²) in [5, 5.41) is 14.5. The van der Waals surface area contributed by atoms with Gasteiger partial charge in [0.1, 0.15) is 0 Å². The molecule has 148 valence electrons. The van der Waals surface area contributed by atoms with Crippen molar-refractivity contribution in [2.45, 2.75) is 31.8 Å². The number of pyridine rings is 1. The Morgan fingerprint density at radius 3 is 2.82 bits per heavy atom. The van der Waals surface area contributed by atoms with Gasteiger partial charge in [0.05, 0.1) is 17.2 Å². The molecule has 28 heavy (non-hydrogen) atoms. The summed E-state index contributed by atoms with van der Waals surface area (Å²) in [6.07, 6.45) is 4.44. The number of carbonyl (C=O) groups is 1. The Kier molecular flexibility index (Phi) is 6.91. The Morgan fingerprint density at radius 1 is 1.21 bits per heavy atom. The van der Waals surface area contributed by atoms with Gasteiger partial charge in [0.2, 0.25) is 0 Å². The number of amides is 1. The molecule has 1 unspecified atom stereocenters. The lowest BCUT2D eigenvalue weighted by atomic mass is 10.1. The maximum absolute atomic E-state index is 13.0. The highest BCUT2D eigenvalue weighted by atomic mass is 16.6. The Labute approximate surface area is 163 Å². The molecule has 1 aliphatic rings. The van der Waals surface area contributed by atoms with Crippen LogP contribution in [0.1, 0.15) is 25.0 Å². The van der Waals surface area contributed by atoms with Crippen LogP contribution in [-0.4, -0.2) is 46.5 Å². The summed E-state index contributed by atoms with van der Waals surface area (Å²) in [6.45, 7) is 1.93. The summed E-state index contributed by atoms with van der Waals surface area (Å²) in [6, 6.07) is 11.8. The normalized spacial score (nSPS) is 16.8. The average molecular weight is 384 g/mol. The van der Waals surface area contributed by atoms with Crippen molar-refractivity contribution in [2.24, 2.45) is 0 Å². The van der Waals surface area contributed by atoms with E-state index in [1.165, 1.54) is 12.1 Å². The van der Waals surface area contributed by atoms with Crippen molar-refractivity contribution in [2.75, 3.05) is 19.7 Å². The molecule has 0 radical (unpaired) electrons. The van der Waals surface area contributed by atoms with Gasteiger partial charge >= 0.3 is 5.69 Å². The Balaban J connectivity index is 1.73. The number of nitrogens with zero attached hydrogens (tertiary/aromatic N) is 3. The number of hydrogen-bond donors (Lipinski definition) is 1. The number of rotatable bonds is 7. The highest BCUT2D eigenvalue weighted by Gasteiger charge is 2.26. The average Bonchev–Trinajstić information content (AvgIpc) is 3.00. The predicted molar refractivity (Wildman–Crippen MR) is 104 cm³/mol. The van der Waals surface area contributed by atoms with Crippen molar-refractivity contribution in [3.05, 3.63) is 64.5 Å². The number of carbonyl (C=O) groups excluding carboxylic acids is 1. The first kappa shape index (κ1) is 19.8. The van der Waals surface area contributed by atoms with Crippen LogP contribution < -0.4 is 10.1 Å². The van der Waals surface area contributed by atoms with Gasteiger partial charge in [-0.2, -0.15) is 0 Å². The van der Waals surface area contributed by atoms with E-state index in [4.69, 9.17) is 4.74 Å². The van der Waals surface area contributed by atoms with Crippen molar-refractivity contribution >= 4 is 11.6 Å². The molecule has 2 aromatic rings. The van der Waals surface area contributed by atoms with Crippen LogP contribution >= 0.6 is 0 Å². The first-order valence-electron chi connectivity index (χ1n) is 9.41. The Bertz CT molecular complexity index is 792.